The number of hydrogen-bond acceptors (Lipinski definition) is 3. The van der Waals surface area contributed by atoms with Crippen LogP contribution in [0.25, 0.3) is 0 Å². The zero-order valence-corrected chi connectivity index (χ0v) is 22.8. The second kappa shape index (κ2) is 25.0. The Balaban J connectivity index is 4.22. The summed E-state index contributed by atoms with van der Waals surface area (Å²) in [5.41, 5.74) is 5.69. The molecule has 5 nitrogen and oxygen atoms in total. The van der Waals surface area contributed by atoms with Gasteiger partial charge in [0.2, 0.25) is 5.91 Å². The van der Waals surface area contributed by atoms with Gasteiger partial charge in [0.05, 0.1) is 6.04 Å². The lowest BCUT2D eigenvalue weighted by atomic mass is 10.0. The number of primary amides is 1. The van der Waals surface area contributed by atoms with Crippen molar-refractivity contribution in [1.29, 1.82) is 0 Å². The van der Waals surface area contributed by atoms with Crippen LogP contribution >= 0.6 is 0 Å². The van der Waals surface area contributed by atoms with E-state index in [9.17, 15) is 9.59 Å². The minimum atomic E-state index is -0.857. The van der Waals surface area contributed by atoms with Crippen LogP contribution in [-0.2, 0) is 9.59 Å². The number of amides is 1. The zero-order chi connectivity index (χ0) is 25.3. The maximum Gasteiger partial charge on any atom is 0.303 e. The number of unbranched alkanes of at least 4 members (excludes halogenated alkanes) is 18. The largest absolute Gasteiger partial charge is 0.481 e. The van der Waals surface area contributed by atoms with E-state index in [-0.39, 0.29) is 12.3 Å². The highest BCUT2D eigenvalue weighted by Gasteiger charge is 2.24. The van der Waals surface area contributed by atoms with Gasteiger partial charge in [-0.25, -0.2) is 0 Å². The van der Waals surface area contributed by atoms with Gasteiger partial charge in [0.1, 0.15) is 0 Å². The normalized spacial score (nSPS) is 12.3. The fraction of sp³-hybridized carbons (Fsp3) is 0.931. The first-order chi connectivity index (χ1) is 16.5. The van der Waals surface area contributed by atoms with E-state index in [0.717, 1.165) is 25.9 Å². The maximum atomic E-state index is 12.1. The third-order valence-corrected chi connectivity index (χ3v) is 7.00. The van der Waals surface area contributed by atoms with E-state index in [2.05, 4.69) is 18.7 Å². The Kier molecular flexibility index (Phi) is 24.2. The molecule has 0 aromatic rings. The molecule has 0 radical (unpaired) electrons. The molecule has 0 aromatic heterocycles. The van der Waals surface area contributed by atoms with Crippen LogP contribution in [0.5, 0.6) is 0 Å². The minimum Gasteiger partial charge on any atom is -0.481 e. The van der Waals surface area contributed by atoms with E-state index in [1.54, 1.807) is 0 Å². The van der Waals surface area contributed by atoms with Gasteiger partial charge in [-0.05, 0) is 32.4 Å². The molecule has 1 atom stereocenters. The number of rotatable bonds is 27. The molecule has 0 saturated heterocycles. The molecule has 3 N–H and O–H groups in total. The van der Waals surface area contributed by atoms with Gasteiger partial charge in [-0.15, -0.1) is 0 Å². The van der Waals surface area contributed by atoms with E-state index in [1.165, 1.54) is 116 Å². The van der Waals surface area contributed by atoms with E-state index < -0.39 is 12.0 Å². The molecule has 0 spiro atoms. The van der Waals surface area contributed by atoms with Crippen molar-refractivity contribution in [3.63, 3.8) is 0 Å². The topological polar surface area (TPSA) is 83.6 Å². The molecule has 0 heterocycles. The molecular formula is C29H58N2O3. The number of carbonyl (C=O) groups is 2. The van der Waals surface area contributed by atoms with Crippen LogP contribution in [0.4, 0.5) is 0 Å². The first-order valence-corrected chi connectivity index (χ1v) is 14.8. The lowest BCUT2D eigenvalue weighted by Gasteiger charge is -2.29. The van der Waals surface area contributed by atoms with Gasteiger partial charge >= 0.3 is 5.97 Å². The predicted octanol–water partition coefficient (Wildman–Crippen LogP) is 7.85. The Morgan fingerprint density at radius 3 is 1.24 bits per heavy atom. The third kappa shape index (κ3) is 21.4. The highest BCUT2D eigenvalue weighted by atomic mass is 16.4. The van der Waals surface area contributed by atoms with E-state index in [4.69, 9.17) is 10.8 Å². The molecule has 5 heteroatoms. The van der Waals surface area contributed by atoms with Crippen LogP contribution in [0.1, 0.15) is 155 Å². The van der Waals surface area contributed by atoms with Crippen molar-refractivity contribution in [2.45, 2.75) is 161 Å². The van der Waals surface area contributed by atoms with Crippen molar-refractivity contribution in [3.05, 3.63) is 0 Å². The average molecular weight is 483 g/mol. The molecule has 0 saturated carbocycles. The SMILES string of the molecule is CCCCCCCCCCCCN(CCCCCCCCCCCC)[C@@H](CCC(=O)O)C(N)=O. The van der Waals surface area contributed by atoms with E-state index >= 15 is 0 Å². The summed E-state index contributed by atoms with van der Waals surface area (Å²) in [5, 5.41) is 9.08. The fourth-order valence-corrected chi connectivity index (χ4v) is 4.79. The summed E-state index contributed by atoms with van der Waals surface area (Å²) in [6.07, 6.45) is 26.0. The van der Waals surface area contributed by atoms with Crippen LogP contribution in [0.3, 0.4) is 0 Å². The van der Waals surface area contributed by atoms with Gasteiger partial charge in [-0.1, -0.05) is 129 Å². The highest BCUT2D eigenvalue weighted by Crippen LogP contribution is 2.15. The molecule has 0 unspecified atom stereocenters. The van der Waals surface area contributed by atoms with Crippen molar-refractivity contribution in [3.8, 4) is 0 Å². The molecule has 1 amide bonds. The van der Waals surface area contributed by atoms with Crippen molar-refractivity contribution >= 4 is 11.9 Å². The van der Waals surface area contributed by atoms with Gasteiger partial charge in [0.25, 0.3) is 0 Å². The van der Waals surface area contributed by atoms with Crippen LogP contribution in [0.15, 0.2) is 0 Å². The maximum absolute atomic E-state index is 12.1. The Hall–Kier alpha value is -1.10. The zero-order valence-electron chi connectivity index (χ0n) is 22.8. The van der Waals surface area contributed by atoms with Crippen LogP contribution in [0.2, 0.25) is 0 Å². The van der Waals surface area contributed by atoms with Crippen molar-refractivity contribution in [2.24, 2.45) is 5.73 Å². The number of aliphatic carboxylic acids is 1. The molecule has 34 heavy (non-hydrogen) atoms. The second-order valence-corrected chi connectivity index (χ2v) is 10.3. The van der Waals surface area contributed by atoms with Crippen molar-refractivity contribution < 1.29 is 14.7 Å². The Bertz CT molecular complexity index is 446. The van der Waals surface area contributed by atoms with Gasteiger partial charge in [0.15, 0.2) is 0 Å². The summed E-state index contributed by atoms with van der Waals surface area (Å²) in [6.45, 7) is 6.21. The number of nitrogens with zero attached hydrogens (tertiary/aromatic N) is 1. The predicted molar refractivity (Wildman–Crippen MR) is 145 cm³/mol. The molecule has 0 bridgehead atoms. The molecule has 0 fully saturated rings. The van der Waals surface area contributed by atoms with Crippen molar-refractivity contribution in [2.75, 3.05) is 13.1 Å². The Morgan fingerprint density at radius 2 is 0.941 bits per heavy atom. The van der Waals surface area contributed by atoms with Crippen LogP contribution in [0, 0.1) is 0 Å². The Morgan fingerprint density at radius 1 is 0.618 bits per heavy atom. The first-order valence-electron chi connectivity index (χ1n) is 14.8. The lowest BCUT2D eigenvalue weighted by Crippen LogP contribution is -2.46. The summed E-state index contributed by atoms with van der Waals surface area (Å²) < 4.78 is 0. The average Bonchev–Trinajstić information content (AvgIpc) is 2.80. The highest BCUT2D eigenvalue weighted by molar-refractivity contribution is 5.80. The number of nitrogens with two attached hydrogens (primary N) is 1. The number of carboxylic acid groups (broad SMARTS) is 1. The van der Waals surface area contributed by atoms with Gasteiger partial charge in [-0.2, -0.15) is 0 Å². The Labute approximate surface area is 211 Å². The number of carbonyl (C=O) groups excluding carboxylic acids is 1. The molecule has 0 aliphatic carbocycles. The smallest absolute Gasteiger partial charge is 0.303 e. The standard InChI is InChI=1S/C29H58N2O3/c1-3-5-7-9-11-13-15-17-19-21-25-31(27(29(30)34)23-24-28(32)33)26-22-20-18-16-14-12-10-8-6-4-2/h27H,3-26H2,1-2H3,(H2,30,34)(H,32,33)/t27-/m0/s1. The number of hydrogen-bond donors (Lipinski definition) is 2. The summed E-state index contributed by atoms with van der Waals surface area (Å²) >= 11 is 0. The summed E-state index contributed by atoms with van der Waals surface area (Å²) in [5.74, 6) is -1.23. The second-order valence-electron chi connectivity index (χ2n) is 10.3. The summed E-state index contributed by atoms with van der Waals surface area (Å²) in [4.78, 5) is 25.4. The van der Waals surface area contributed by atoms with E-state index in [1.807, 2.05) is 0 Å². The quantitative estimate of drug-likeness (QED) is 0.117. The molecule has 0 aliphatic heterocycles. The number of carboxylic acids is 1. The van der Waals surface area contributed by atoms with Crippen molar-refractivity contribution in [1.82, 2.24) is 4.90 Å². The first kappa shape index (κ1) is 32.9. The minimum absolute atomic E-state index is 0.000168. The van der Waals surface area contributed by atoms with Gasteiger partial charge in [0, 0.05) is 6.42 Å². The van der Waals surface area contributed by atoms with E-state index in [0.29, 0.717) is 6.42 Å². The fourth-order valence-electron chi connectivity index (χ4n) is 4.79. The monoisotopic (exact) mass is 482 g/mol. The molecular weight excluding hydrogens is 424 g/mol. The van der Waals surface area contributed by atoms with Gasteiger partial charge < -0.3 is 10.8 Å². The molecule has 202 valence electrons. The summed E-state index contributed by atoms with van der Waals surface area (Å²) in [7, 11) is 0. The lowest BCUT2D eigenvalue weighted by molar-refractivity contribution is -0.137. The van der Waals surface area contributed by atoms with Gasteiger partial charge in [-0.3, -0.25) is 14.5 Å². The van der Waals surface area contributed by atoms with Crippen LogP contribution < -0.4 is 5.73 Å². The van der Waals surface area contributed by atoms with Crippen LogP contribution in [-0.4, -0.2) is 41.0 Å². The molecule has 0 aliphatic rings. The molecule has 0 rings (SSSR count). The third-order valence-electron chi connectivity index (χ3n) is 7.00. The molecule has 0 aromatic carbocycles. The summed E-state index contributed by atoms with van der Waals surface area (Å²) in [6, 6.07) is -0.451.